The number of hydrogen-bond donors (Lipinski definition) is 1. The molecule has 0 spiro atoms. The number of carbonyl (C=O) groups is 2. The van der Waals surface area contributed by atoms with Crippen LogP contribution in [0.25, 0.3) is 6.08 Å². The van der Waals surface area contributed by atoms with E-state index < -0.39 is 5.97 Å². The van der Waals surface area contributed by atoms with E-state index in [-0.39, 0.29) is 11.5 Å². The summed E-state index contributed by atoms with van der Waals surface area (Å²) in [5.41, 5.74) is 3.57. The molecule has 1 fully saturated rings. The Morgan fingerprint density at radius 1 is 1.16 bits per heavy atom. The number of aromatic carboxylic acids is 1. The number of anilines is 1. The predicted octanol–water partition coefficient (Wildman–Crippen LogP) is 4.41. The van der Waals surface area contributed by atoms with Gasteiger partial charge in [0.1, 0.15) is 0 Å². The van der Waals surface area contributed by atoms with E-state index in [1.807, 2.05) is 32.0 Å². The predicted molar refractivity (Wildman–Crippen MR) is 105 cm³/mol. The number of carboxylic acids is 1. The Labute approximate surface area is 155 Å². The number of rotatable bonds is 3. The Bertz CT molecular complexity index is 934. The summed E-state index contributed by atoms with van der Waals surface area (Å²) in [7, 11) is 0. The van der Waals surface area contributed by atoms with Crippen LogP contribution in [0.2, 0.25) is 0 Å². The monoisotopic (exact) mass is 369 g/mol. The lowest BCUT2D eigenvalue weighted by atomic mass is 10.1. The average Bonchev–Trinajstić information content (AvgIpc) is 2.84. The molecule has 6 heteroatoms. The van der Waals surface area contributed by atoms with Gasteiger partial charge in [-0.15, -0.1) is 0 Å². The van der Waals surface area contributed by atoms with Crippen LogP contribution in [0, 0.1) is 13.8 Å². The summed E-state index contributed by atoms with van der Waals surface area (Å²) >= 11 is 6.54. The lowest BCUT2D eigenvalue weighted by molar-refractivity contribution is -0.113. The average molecular weight is 369 g/mol. The van der Waals surface area contributed by atoms with Crippen molar-refractivity contribution in [2.24, 2.45) is 0 Å². The molecule has 2 aromatic carbocycles. The van der Waals surface area contributed by atoms with Gasteiger partial charge in [-0.05, 0) is 54.8 Å². The van der Waals surface area contributed by atoms with Crippen molar-refractivity contribution in [3.63, 3.8) is 0 Å². The molecule has 25 heavy (non-hydrogen) atoms. The maximum Gasteiger partial charge on any atom is 0.336 e. The summed E-state index contributed by atoms with van der Waals surface area (Å²) in [5.74, 6) is -1.27. The number of hydrogen-bond acceptors (Lipinski definition) is 4. The van der Waals surface area contributed by atoms with Gasteiger partial charge < -0.3 is 5.11 Å². The second-order valence-corrected chi connectivity index (χ2v) is 7.35. The molecule has 0 unspecified atom stereocenters. The molecular formula is C19H15NO3S2. The van der Waals surface area contributed by atoms with Crippen LogP contribution in [0.4, 0.5) is 5.69 Å². The first-order valence-electron chi connectivity index (χ1n) is 7.56. The number of thiocarbonyl (C=S) groups is 1. The van der Waals surface area contributed by atoms with Crippen LogP contribution in [0.5, 0.6) is 0 Å². The summed E-state index contributed by atoms with van der Waals surface area (Å²) < 4.78 is 0.437. The molecule has 3 rings (SSSR count). The highest BCUT2D eigenvalue weighted by molar-refractivity contribution is 8.27. The first kappa shape index (κ1) is 17.4. The fourth-order valence-corrected chi connectivity index (χ4v) is 3.80. The highest BCUT2D eigenvalue weighted by Crippen LogP contribution is 2.36. The SMILES string of the molecule is Cc1ccc(N2C(=O)/C(=C/c3ccccc3C(=O)O)SC2=S)cc1C. The summed E-state index contributed by atoms with van der Waals surface area (Å²) in [6, 6.07) is 12.3. The zero-order chi connectivity index (χ0) is 18.1. The second kappa shape index (κ2) is 6.82. The number of carbonyl (C=O) groups excluding carboxylic acids is 1. The maximum absolute atomic E-state index is 12.8. The highest BCUT2D eigenvalue weighted by Gasteiger charge is 2.33. The summed E-state index contributed by atoms with van der Waals surface area (Å²) in [4.78, 5) is 26.0. The van der Waals surface area contributed by atoms with Crippen molar-refractivity contribution in [2.45, 2.75) is 13.8 Å². The number of nitrogens with zero attached hydrogens (tertiary/aromatic N) is 1. The van der Waals surface area contributed by atoms with Crippen molar-refractivity contribution in [2.75, 3.05) is 4.90 Å². The van der Waals surface area contributed by atoms with Crippen LogP contribution in [0.15, 0.2) is 47.4 Å². The standard InChI is InChI=1S/C19H15NO3S2/c1-11-7-8-14(9-12(11)2)20-17(21)16(25-19(20)24)10-13-5-3-4-6-15(13)18(22)23/h3-10H,1-2H3,(H,22,23)/b16-10-. The molecule has 0 saturated carbocycles. The Balaban J connectivity index is 1.99. The zero-order valence-electron chi connectivity index (χ0n) is 13.6. The van der Waals surface area contributed by atoms with E-state index in [1.54, 1.807) is 24.3 Å². The largest absolute Gasteiger partial charge is 0.478 e. The van der Waals surface area contributed by atoms with Gasteiger partial charge in [-0.1, -0.05) is 48.2 Å². The second-order valence-electron chi connectivity index (χ2n) is 5.68. The van der Waals surface area contributed by atoms with Crippen LogP contribution in [-0.2, 0) is 4.79 Å². The molecule has 1 heterocycles. The minimum Gasteiger partial charge on any atom is -0.478 e. The molecule has 1 aliphatic rings. The number of aryl methyl sites for hydroxylation is 2. The molecule has 126 valence electrons. The van der Waals surface area contributed by atoms with Crippen LogP contribution in [0.1, 0.15) is 27.0 Å². The van der Waals surface area contributed by atoms with Crippen molar-refractivity contribution < 1.29 is 14.7 Å². The molecule has 0 radical (unpaired) electrons. The van der Waals surface area contributed by atoms with E-state index >= 15 is 0 Å². The van der Waals surface area contributed by atoms with Crippen molar-refractivity contribution in [3.05, 3.63) is 69.6 Å². The minimum absolute atomic E-state index is 0.152. The zero-order valence-corrected chi connectivity index (χ0v) is 15.3. The first-order chi connectivity index (χ1) is 11.9. The molecular weight excluding hydrogens is 354 g/mol. The number of carboxylic acid groups (broad SMARTS) is 1. The van der Waals surface area contributed by atoms with E-state index in [0.717, 1.165) is 16.8 Å². The Kier molecular flexibility index (Phi) is 4.74. The normalized spacial score (nSPS) is 15.9. The van der Waals surface area contributed by atoms with Gasteiger partial charge in [0, 0.05) is 0 Å². The third-order valence-corrected chi connectivity index (χ3v) is 5.32. The van der Waals surface area contributed by atoms with E-state index in [0.29, 0.717) is 14.8 Å². The van der Waals surface area contributed by atoms with Gasteiger partial charge >= 0.3 is 5.97 Å². The van der Waals surface area contributed by atoms with Crippen molar-refractivity contribution in [1.29, 1.82) is 0 Å². The number of amides is 1. The van der Waals surface area contributed by atoms with Gasteiger partial charge in [-0.2, -0.15) is 0 Å². The van der Waals surface area contributed by atoms with Crippen molar-refractivity contribution in [1.82, 2.24) is 0 Å². The molecule has 1 amide bonds. The van der Waals surface area contributed by atoms with Gasteiger partial charge in [-0.3, -0.25) is 9.69 Å². The molecule has 1 saturated heterocycles. The summed E-state index contributed by atoms with van der Waals surface area (Å²) in [6.45, 7) is 3.99. The number of benzene rings is 2. The summed E-state index contributed by atoms with van der Waals surface area (Å²) in [6.07, 6.45) is 1.59. The van der Waals surface area contributed by atoms with E-state index in [4.69, 9.17) is 12.2 Å². The molecule has 0 atom stereocenters. The fraction of sp³-hybridized carbons (Fsp3) is 0.105. The fourth-order valence-electron chi connectivity index (χ4n) is 2.51. The van der Waals surface area contributed by atoms with E-state index in [9.17, 15) is 14.7 Å². The molecule has 1 N–H and O–H groups in total. The summed E-state index contributed by atoms with van der Waals surface area (Å²) in [5, 5.41) is 9.29. The van der Waals surface area contributed by atoms with Crippen LogP contribution < -0.4 is 4.90 Å². The van der Waals surface area contributed by atoms with Gasteiger partial charge in [-0.25, -0.2) is 4.79 Å². The highest BCUT2D eigenvalue weighted by atomic mass is 32.2. The minimum atomic E-state index is -1.03. The third kappa shape index (κ3) is 3.36. The first-order valence-corrected chi connectivity index (χ1v) is 8.78. The molecule has 0 aliphatic carbocycles. The van der Waals surface area contributed by atoms with Gasteiger partial charge in [0.2, 0.25) is 0 Å². The molecule has 0 bridgehead atoms. The molecule has 1 aliphatic heterocycles. The van der Waals surface area contributed by atoms with Crippen molar-refractivity contribution in [3.8, 4) is 0 Å². The third-order valence-electron chi connectivity index (χ3n) is 4.02. The van der Waals surface area contributed by atoms with Gasteiger partial charge in [0.15, 0.2) is 4.32 Å². The van der Waals surface area contributed by atoms with Crippen LogP contribution in [-0.4, -0.2) is 21.3 Å². The van der Waals surface area contributed by atoms with E-state index in [1.165, 1.54) is 22.7 Å². The van der Waals surface area contributed by atoms with Crippen molar-refractivity contribution >= 4 is 51.9 Å². The topological polar surface area (TPSA) is 57.6 Å². The Hall–Kier alpha value is -2.44. The van der Waals surface area contributed by atoms with Gasteiger partial charge in [0.05, 0.1) is 16.2 Å². The Morgan fingerprint density at radius 2 is 1.88 bits per heavy atom. The lowest BCUT2D eigenvalue weighted by Crippen LogP contribution is -2.27. The lowest BCUT2D eigenvalue weighted by Gasteiger charge is -2.15. The molecule has 2 aromatic rings. The number of thioether (sulfide) groups is 1. The Morgan fingerprint density at radius 3 is 2.56 bits per heavy atom. The van der Waals surface area contributed by atoms with Crippen LogP contribution in [0.3, 0.4) is 0 Å². The maximum atomic E-state index is 12.8. The van der Waals surface area contributed by atoms with Gasteiger partial charge in [0.25, 0.3) is 5.91 Å². The smallest absolute Gasteiger partial charge is 0.336 e. The molecule has 4 nitrogen and oxygen atoms in total. The molecule has 0 aromatic heterocycles. The quantitative estimate of drug-likeness (QED) is 0.642. The van der Waals surface area contributed by atoms with E-state index in [2.05, 4.69) is 0 Å². The van der Waals surface area contributed by atoms with Crippen LogP contribution >= 0.6 is 24.0 Å².